The summed E-state index contributed by atoms with van der Waals surface area (Å²) in [6.07, 6.45) is -4.19. The van der Waals surface area contributed by atoms with E-state index in [1.807, 2.05) is 0 Å². The number of aliphatic carboxylic acids is 1. The van der Waals surface area contributed by atoms with Crippen LogP contribution >= 0.6 is 0 Å². The number of carboxylic acids is 1. The first-order valence-corrected chi connectivity index (χ1v) is 5.64. The minimum Gasteiger partial charge on any atom is -0.480 e. The Hall–Kier alpha value is -1.51. The normalized spacial score (nSPS) is 11.2. The fourth-order valence-electron chi connectivity index (χ4n) is 1.45. The van der Waals surface area contributed by atoms with Gasteiger partial charge in [0, 0.05) is 13.1 Å². The molecule has 0 unspecified atom stereocenters. The fraction of sp³-hybridized carbons (Fsp3) is 0.800. The van der Waals surface area contributed by atoms with Gasteiger partial charge in [-0.3, -0.25) is 4.79 Å². The summed E-state index contributed by atoms with van der Waals surface area (Å²) in [6.45, 7) is -1.63. The number of aliphatic hydroxyl groups is 1. The number of hydrogen-bond acceptors (Lipinski definition) is 3. The molecule has 112 valence electrons. The summed E-state index contributed by atoms with van der Waals surface area (Å²) in [7, 11) is 0. The molecule has 0 spiro atoms. The standard InChI is InChI=1S/C10H17F3N2O4/c1-2-3-14(6-8(17)18)9(19)15(4-5-16)7-10(11,12)13/h16H,2-7H2,1H3,(H,17,18). The van der Waals surface area contributed by atoms with E-state index in [4.69, 9.17) is 10.2 Å². The van der Waals surface area contributed by atoms with E-state index in [0.29, 0.717) is 11.3 Å². The number of carboxylic acid groups (broad SMARTS) is 1. The van der Waals surface area contributed by atoms with Crippen molar-refractivity contribution < 1.29 is 33.0 Å². The maximum atomic E-state index is 12.3. The van der Waals surface area contributed by atoms with E-state index in [9.17, 15) is 22.8 Å². The zero-order valence-corrected chi connectivity index (χ0v) is 10.5. The highest BCUT2D eigenvalue weighted by Gasteiger charge is 2.34. The second-order valence-electron chi connectivity index (χ2n) is 3.86. The van der Waals surface area contributed by atoms with Crippen LogP contribution < -0.4 is 0 Å². The van der Waals surface area contributed by atoms with Gasteiger partial charge >= 0.3 is 18.2 Å². The second kappa shape index (κ2) is 7.82. The molecule has 0 bridgehead atoms. The van der Waals surface area contributed by atoms with Crippen molar-refractivity contribution in [1.29, 1.82) is 0 Å². The molecular weight excluding hydrogens is 269 g/mol. The van der Waals surface area contributed by atoms with E-state index in [1.165, 1.54) is 0 Å². The van der Waals surface area contributed by atoms with Gasteiger partial charge in [0.15, 0.2) is 0 Å². The van der Waals surface area contributed by atoms with Gasteiger partial charge in [0.1, 0.15) is 13.1 Å². The number of aliphatic hydroxyl groups excluding tert-OH is 1. The third-order valence-electron chi connectivity index (χ3n) is 2.10. The molecule has 2 N–H and O–H groups in total. The third kappa shape index (κ3) is 7.50. The van der Waals surface area contributed by atoms with Gasteiger partial charge in [0.05, 0.1) is 6.61 Å². The number of alkyl halides is 3. The van der Waals surface area contributed by atoms with Crippen molar-refractivity contribution in [2.75, 3.05) is 32.8 Å². The molecule has 9 heteroatoms. The summed E-state index contributed by atoms with van der Waals surface area (Å²) in [4.78, 5) is 23.6. The largest absolute Gasteiger partial charge is 0.480 e. The SMILES string of the molecule is CCCN(CC(=O)O)C(=O)N(CCO)CC(F)(F)F. The van der Waals surface area contributed by atoms with E-state index in [2.05, 4.69) is 0 Å². The molecule has 0 aromatic heterocycles. The number of hydrogen-bond donors (Lipinski definition) is 2. The maximum Gasteiger partial charge on any atom is 0.406 e. The fourth-order valence-corrected chi connectivity index (χ4v) is 1.45. The Morgan fingerprint density at radius 2 is 1.74 bits per heavy atom. The lowest BCUT2D eigenvalue weighted by atomic mass is 10.4. The van der Waals surface area contributed by atoms with Crippen LogP contribution in [0.4, 0.5) is 18.0 Å². The summed E-state index contributed by atoms with van der Waals surface area (Å²) >= 11 is 0. The molecule has 0 saturated heterocycles. The van der Waals surface area contributed by atoms with Crippen molar-refractivity contribution in [1.82, 2.24) is 9.80 Å². The van der Waals surface area contributed by atoms with Crippen LogP contribution in [0.3, 0.4) is 0 Å². The lowest BCUT2D eigenvalue weighted by molar-refractivity contribution is -0.142. The predicted molar refractivity (Wildman–Crippen MR) is 59.6 cm³/mol. The molecule has 0 fully saturated rings. The highest BCUT2D eigenvalue weighted by atomic mass is 19.4. The number of carbonyl (C=O) groups excluding carboxylic acids is 1. The quantitative estimate of drug-likeness (QED) is 0.724. The third-order valence-corrected chi connectivity index (χ3v) is 2.10. The number of amides is 2. The van der Waals surface area contributed by atoms with Gasteiger partial charge in [-0.05, 0) is 6.42 Å². The van der Waals surface area contributed by atoms with Crippen LogP contribution in [0.2, 0.25) is 0 Å². The van der Waals surface area contributed by atoms with E-state index in [1.54, 1.807) is 6.92 Å². The van der Waals surface area contributed by atoms with Crippen LogP contribution in [0.1, 0.15) is 13.3 Å². The van der Waals surface area contributed by atoms with Gasteiger partial charge in [-0.1, -0.05) is 6.92 Å². The number of nitrogens with zero attached hydrogens (tertiary/aromatic N) is 2. The summed E-state index contributed by atoms with van der Waals surface area (Å²) < 4.78 is 36.9. The number of carbonyl (C=O) groups is 2. The van der Waals surface area contributed by atoms with Crippen LogP contribution in [-0.2, 0) is 4.79 Å². The van der Waals surface area contributed by atoms with E-state index in [-0.39, 0.29) is 6.54 Å². The molecule has 0 aliphatic rings. The summed E-state index contributed by atoms with van der Waals surface area (Å²) in [5.74, 6) is -1.31. The van der Waals surface area contributed by atoms with Crippen molar-refractivity contribution in [2.24, 2.45) is 0 Å². The van der Waals surface area contributed by atoms with Crippen LogP contribution in [0.15, 0.2) is 0 Å². The molecule has 0 atom stereocenters. The minimum atomic E-state index is -4.61. The molecule has 0 aromatic rings. The van der Waals surface area contributed by atoms with Crippen molar-refractivity contribution in [3.63, 3.8) is 0 Å². The Balaban J connectivity index is 4.85. The molecular formula is C10H17F3N2O4. The van der Waals surface area contributed by atoms with E-state index < -0.39 is 44.4 Å². The monoisotopic (exact) mass is 286 g/mol. The summed E-state index contributed by atoms with van der Waals surface area (Å²) in [5, 5.41) is 17.3. The predicted octanol–water partition coefficient (Wildman–Crippen LogP) is 0.760. The molecule has 19 heavy (non-hydrogen) atoms. The Morgan fingerprint density at radius 3 is 2.11 bits per heavy atom. The lowest BCUT2D eigenvalue weighted by Crippen LogP contribution is -2.49. The second-order valence-corrected chi connectivity index (χ2v) is 3.86. The molecule has 0 aliphatic heterocycles. The molecule has 0 rings (SSSR count). The average molecular weight is 286 g/mol. The molecule has 0 radical (unpaired) electrons. The molecule has 2 amide bonds. The Bertz CT molecular complexity index is 310. The van der Waals surface area contributed by atoms with Crippen molar-refractivity contribution in [3.05, 3.63) is 0 Å². The highest BCUT2D eigenvalue weighted by molar-refractivity contribution is 5.80. The van der Waals surface area contributed by atoms with Crippen LogP contribution in [-0.4, -0.2) is 71.0 Å². The first-order chi connectivity index (χ1) is 8.71. The summed E-state index contributed by atoms with van der Waals surface area (Å²) in [5.41, 5.74) is 0. The topological polar surface area (TPSA) is 81.1 Å². The number of halogens is 3. The minimum absolute atomic E-state index is 0.0327. The summed E-state index contributed by atoms with van der Waals surface area (Å²) in [6, 6.07) is -1.05. The van der Waals surface area contributed by atoms with Crippen molar-refractivity contribution >= 4 is 12.0 Å². The Labute approximate surface area is 108 Å². The lowest BCUT2D eigenvalue weighted by Gasteiger charge is -2.29. The molecule has 0 aromatic carbocycles. The van der Waals surface area contributed by atoms with Gasteiger partial charge in [0.2, 0.25) is 0 Å². The van der Waals surface area contributed by atoms with E-state index in [0.717, 1.165) is 4.90 Å². The van der Waals surface area contributed by atoms with Gasteiger partial charge in [0.25, 0.3) is 0 Å². The van der Waals surface area contributed by atoms with Crippen LogP contribution in [0.5, 0.6) is 0 Å². The van der Waals surface area contributed by atoms with Gasteiger partial charge < -0.3 is 20.0 Å². The van der Waals surface area contributed by atoms with Crippen LogP contribution in [0.25, 0.3) is 0 Å². The average Bonchev–Trinajstić information content (AvgIpc) is 2.24. The first-order valence-electron chi connectivity index (χ1n) is 5.64. The number of urea groups is 1. The molecule has 6 nitrogen and oxygen atoms in total. The smallest absolute Gasteiger partial charge is 0.406 e. The van der Waals surface area contributed by atoms with Gasteiger partial charge in [-0.2, -0.15) is 13.2 Å². The maximum absolute atomic E-state index is 12.3. The Morgan fingerprint density at radius 1 is 1.16 bits per heavy atom. The van der Waals surface area contributed by atoms with Gasteiger partial charge in [-0.15, -0.1) is 0 Å². The van der Waals surface area contributed by atoms with Gasteiger partial charge in [-0.25, -0.2) is 4.79 Å². The molecule has 0 saturated carbocycles. The number of rotatable bonds is 7. The first kappa shape index (κ1) is 17.5. The molecule has 0 aliphatic carbocycles. The molecule has 0 heterocycles. The Kier molecular flexibility index (Phi) is 7.20. The zero-order valence-electron chi connectivity index (χ0n) is 10.5. The van der Waals surface area contributed by atoms with Crippen molar-refractivity contribution in [3.8, 4) is 0 Å². The van der Waals surface area contributed by atoms with E-state index >= 15 is 0 Å². The van der Waals surface area contributed by atoms with Crippen molar-refractivity contribution in [2.45, 2.75) is 19.5 Å². The van der Waals surface area contributed by atoms with Crippen LogP contribution in [0, 0.1) is 0 Å². The highest BCUT2D eigenvalue weighted by Crippen LogP contribution is 2.17. The zero-order chi connectivity index (χ0) is 15.1.